The van der Waals surface area contributed by atoms with Crippen LogP contribution in [0.25, 0.3) is 0 Å². The Morgan fingerprint density at radius 2 is 2.09 bits per heavy atom. The molecule has 3 amide bonds. The summed E-state index contributed by atoms with van der Waals surface area (Å²) in [6.45, 7) is -0.0744. The second kappa shape index (κ2) is 7.25. The molecule has 0 atom stereocenters. The molecule has 0 unspecified atom stereocenters. The standard InChI is InChI=1S/C14H18N6O3/c1-19(2)14(22)17-12-8-15-20(18-12)9-13(21)16-10-5-4-6-11(7-10)23-3/h4-8H,9H2,1-3H3,(H,16,21)(H,17,18,22). The van der Waals surface area contributed by atoms with Gasteiger partial charge in [0.05, 0.1) is 13.3 Å². The molecule has 9 heteroatoms. The van der Waals surface area contributed by atoms with Gasteiger partial charge in [0.1, 0.15) is 12.3 Å². The average molecular weight is 318 g/mol. The summed E-state index contributed by atoms with van der Waals surface area (Å²) >= 11 is 0. The summed E-state index contributed by atoms with van der Waals surface area (Å²) in [6.07, 6.45) is 1.38. The molecule has 2 aromatic rings. The van der Waals surface area contributed by atoms with Crippen LogP contribution in [0.3, 0.4) is 0 Å². The monoisotopic (exact) mass is 318 g/mol. The first kappa shape index (κ1) is 16.3. The lowest BCUT2D eigenvalue weighted by molar-refractivity contribution is -0.117. The van der Waals surface area contributed by atoms with Crippen molar-refractivity contribution in [2.75, 3.05) is 31.8 Å². The third kappa shape index (κ3) is 4.70. The Balaban J connectivity index is 1.92. The number of nitrogens with zero attached hydrogens (tertiary/aromatic N) is 4. The number of nitrogens with one attached hydrogen (secondary N) is 2. The van der Waals surface area contributed by atoms with Crippen LogP contribution in [0, 0.1) is 0 Å². The van der Waals surface area contributed by atoms with Crippen LogP contribution in [0.15, 0.2) is 30.5 Å². The number of carbonyl (C=O) groups excluding carboxylic acids is 2. The molecule has 2 rings (SSSR count). The number of amides is 3. The number of hydrogen-bond acceptors (Lipinski definition) is 5. The third-order valence-electron chi connectivity index (χ3n) is 2.82. The topological polar surface area (TPSA) is 101 Å². The quantitative estimate of drug-likeness (QED) is 0.857. The number of rotatable bonds is 5. The Morgan fingerprint density at radius 1 is 1.30 bits per heavy atom. The Labute approximate surface area is 133 Å². The van der Waals surface area contributed by atoms with Gasteiger partial charge in [0.25, 0.3) is 0 Å². The molecule has 1 aromatic carbocycles. The number of urea groups is 1. The van der Waals surface area contributed by atoms with Gasteiger partial charge in [0, 0.05) is 25.8 Å². The van der Waals surface area contributed by atoms with Crippen molar-refractivity contribution in [1.29, 1.82) is 0 Å². The maximum atomic E-state index is 12.0. The average Bonchev–Trinajstić information content (AvgIpc) is 2.94. The highest BCUT2D eigenvalue weighted by Crippen LogP contribution is 2.16. The first-order valence-corrected chi connectivity index (χ1v) is 6.80. The molecule has 0 aliphatic carbocycles. The van der Waals surface area contributed by atoms with Crippen molar-refractivity contribution in [2.45, 2.75) is 6.54 Å². The highest BCUT2D eigenvalue weighted by molar-refractivity contribution is 5.90. The van der Waals surface area contributed by atoms with E-state index >= 15 is 0 Å². The maximum Gasteiger partial charge on any atom is 0.322 e. The van der Waals surface area contributed by atoms with E-state index in [9.17, 15) is 9.59 Å². The van der Waals surface area contributed by atoms with Crippen molar-refractivity contribution < 1.29 is 14.3 Å². The van der Waals surface area contributed by atoms with Gasteiger partial charge in [-0.2, -0.15) is 9.90 Å². The van der Waals surface area contributed by atoms with Crippen LogP contribution in [0.4, 0.5) is 16.3 Å². The van der Waals surface area contributed by atoms with Gasteiger partial charge in [-0.3, -0.25) is 10.1 Å². The van der Waals surface area contributed by atoms with Crippen LogP contribution in [0.1, 0.15) is 0 Å². The number of carbonyl (C=O) groups is 2. The summed E-state index contributed by atoms with van der Waals surface area (Å²) in [5, 5.41) is 13.2. The lowest BCUT2D eigenvalue weighted by Gasteiger charge is -2.09. The van der Waals surface area contributed by atoms with Crippen molar-refractivity contribution in [3.63, 3.8) is 0 Å². The van der Waals surface area contributed by atoms with Gasteiger partial charge in [0.15, 0.2) is 5.82 Å². The predicted octanol–water partition coefficient (Wildman–Crippen LogP) is 1.02. The van der Waals surface area contributed by atoms with Crippen LogP contribution in [-0.2, 0) is 11.3 Å². The van der Waals surface area contributed by atoms with E-state index in [-0.39, 0.29) is 24.3 Å². The lowest BCUT2D eigenvalue weighted by atomic mass is 10.3. The van der Waals surface area contributed by atoms with E-state index in [0.717, 1.165) is 0 Å². The van der Waals surface area contributed by atoms with E-state index in [1.807, 2.05) is 0 Å². The minimum absolute atomic E-state index is 0.0744. The second-order valence-electron chi connectivity index (χ2n) is 4.86. The molecular formula is C14H18N6O3. The Kier molecular flexibility index (Phi) is 5.13. The van der Waals surface area contributed by atoms with E-state index in [0.29, 0.717) is 11.4 Å². The molecule has 0 spiro atoms. The van der Waals surface area contributed by atoms with Gasteiger partial charge in [0.2, 0.25) is 5.91 Å². The Hall–Kier alpha value is -3.10. The molecule has 1 heterocycles. The number of benzene rings is 1. The molecule has 0 saturated carbocycles. The zero-order valence-electron chi connectivity index (χ0n) is 13.1. The van der Waals surface area contributed by atoms with Gasteiger partial charge in [-0.05, 0) is 12.1 Å². The number of aromatic nitrogens is 3. The smallest absolute Gasteiger partial charge is 0.322 e. The van der Waals surface area contributed by atoms with Gasteiger partial charge in [-0.1, -0.05) is 6.07 Å². The summed E-state index contributed by atoms with van der Waals surface area (Å²) in [6, 6.07) is 6.69. The number of methoxy groups -OCH3 is 1. The summed E-state index contributed by atoms with van der Waals surface area (Å²) < 4.78 is 5.09. The largest absolute Gasteiger partial charge is 0.497 e. The third-order valence-corrected chi connectivity index (χ3v) is 2.82. The van der Waals surface area contributed by atoms with Gasteiger partial charge in [-0.15, -0.1) is 5.10 Å². The van der Waals surface area contributed by atoms with Gasteiger partial charge < -0.3 is 15.0 Å². The number of ether oxygens (including phenoxy) is 1. The first-order valence-electron chi connectivity index (χ1n) is 6.80. The zero-order valence-corrected chi connectivity index (χ0v) is 13.1. The minimum atomic E-state index is -0.321. The van der Waals surface area contributed by atoms with Crippen molar-refractivity contribution >= 4 is 23.4 Å². The molecule has 23 heavy (non-hydrogen) atoms. The van der Waals surface area contributed by atoms with Crippen molar-refractivity contribution in [2.24, 2.45) is 0 Å². The van der Waals surface area contributed by atoms with Crippen LogP contribution in [-0.4, -0.2) is 53.0 Å². The Morgan fingerprint density at radius 3 is 2.78 bits per heavy atom. The molecule has 0 bridgehead atoms. The maximum absolute atomic E-state index is 12.0. The van der Waals surface area contributed by atoms with Gasteiger partial charge >= 0.3 is 6.03 Å². The van der Waals surface area contributed by atoms with E-state index in [1.165, 1.54) is 15.9 Å². The van der Waals surface area contributed by atoms with Gasteiger partial charge in [-0.25, -0.2) is 4.79 Å². The molecule has 0 radical (unpaired) electrons. The molecule has 2 N–H and O–H groups in total. The fourth-order valence-electron chi connectivity index (χ4n) is 1.68. The van der Waals surface area contributed by atoms with Crippen LogP contribution < -0.4 is 15.4 Å². The van der Waals surface area contributed by atoms with E-state index in [4.69, 9.17) is 4.74 Å². The van der Waals surface area contributed by atoms with E-state index in [1.54, 1.807) is 45.5 Å². The zero-order chi connectivity index (χ0) is 16.8. The Bertz CT molecular complexity index is 697. The van der Waals surface area contributed by atoms with E-state index in [2.05, 4.69) is 20.8 Å². The number of anilines is 2. The molecule has 9 nitrogen and oxygen atoms in total. The lowest BCUT2D eigenvalue weighted by Crippen LogP contribution is -2.27. The molecule has 1 aromatic heterocycles. The first-order chi connectivity index (χ1) is 11.0. The highest BCUT2D eigenvalue weighted by atomic mass is 16.5. The molecule has 0 aliphatic heterocycles. The molecular weight excluding hydrogens is 300 g/mol. The minimum Gasteiger partial charge on any atom is -0.497 e. The number of hydrogen-bond donors (Lipinski definition) is 2. The molecule has 0 aliphatic rings. The fraction of sp³-hybridized carbons (Fsp3) is 0.286. The second-order valence-corrected chi connectivity index (χ2v) is 4.86. The SMILES string of the molecule is COc1cccc(NC(=O)Cn2ncc(NC(=O)N(C)C)n2)c1. The van der Waals surface area contributed by atoms with Crippen LogP contribution >= 0.6 is 0 Å². The fourth-order valence-corrected chi connectivity index (χ4v) is 1.68. The summed E-state index contributed by atoms with van der Waals surface area (Å²) in [7, 11) is 4.78. The summed E-state index contributed by atoms with van der Waals surface area (Å²) in [5.74, 6) is 0.630. The van der Waals surface area contributed by atoms with Crippen LogP contribution in [0.5, 0.6) is 5.75 Å². The summed E-state index contributed by atoms with van der Waals surface area (Å²) in [5.41, 5.74) is 0.614. The molecule has 0 fully saturated rings. The van der Waals surface area contributed by atoms with Crippen LogP contribution in [0.2, 0.25) is 0 Å². The highest BCUT2D eigenvalue weighted by Gasteiger charge is 2.10. The van der Waals surface area contributed by atoms with Crippen molar-refractivity contribution in [3.8, 4) is 5.75 Å². The summed E-state index contributed by atoms with van der Waals surface area (Å²) in [4.78, 5) is 26.0. The van der Waals surface area contributed by atoms with Crippen molar-refractivity contribution in [1.82, 2.24) is 19.9 Å². The molecule has 0 saturated heterocycles. The van der Waals surface area contributed by atoms with Crippen molar-refractivity contribution in [3.05, 3.63) is 30.5 Å². The predicted molar refractivity (Wildman–Crippen MR) is 84.4 cm³/mol. The van der Waals surface area contributed by atoms with E-state index < -0.39 is 0 Å². The normalized spacial score (nSPS) is 10.0. The molecule has 122 valence electrons.